The van der Waals surface area contributed by atoms with Gasteiger partial charge in [0.05, 0.1) is 39.6 Å². The summed E-state index contributed by atoms with van der Waals surface area (Å²) in [6, 6.07) is 9.46. The molecule has 4 rings (SSSR count). The van der Waals surface area contributed by atoms with Crippen molar-refractivity contribution in [3.63, 3.8) is 0 Å². The largest absolute Gasteiger partial charge is 0.466 e. The Kier molecular flexibility index (Phi) is 7.47. The number of hydrogen-bond donors (Lipinski definition) is 1. The average Bonchev–Trinajstić information content (AvgIpc) is 3.28. The summed E-state index contributed by atoms with van der Waals surface area (Å²) < 4.78 is 8.86. The fourth-order valence-electron chi connectivity index (χ4n) is 4.75. The second kappa shape index (κ2) is 10.4. The molecule has 1 unspecified atom stereocenters. The summed E-state index contributed by atoms with van der Waals surface area (Å²) in [5, 5.41) is 1.19. The molecule has 0 spiro atoms. The van der Waals surface area contributed by atoms with E-state index in [0.29, 0.717) is 29.6 Å². The molecule has 0 aliphatic rings. The van der Waals surface area contributed by atoms with E-state index in [-0.39, 0.29) is 24.1 Å². The molecule has 1 atom stereocenters. The first-order valence-electron chi connectivity index (χ1n) is 11.8. The Bertz CT molecular complexity index is 1440. The molecular weight excluding hydrogens is 487 g/mol. The van der Waals surface area contributed by atoms with Crippen LogP contribution in [-0.4, -0.2) is 33.6 Å². The number of hydrogen-bond acceptors (Lipinski definition) is 4. The van der Waals surface area contributed by atoms with Crippen molar-refractivity contribution in [1.82, 2.24) is 14.0 Å². The summed E-state index contributed by atoms with van der Waals surface area (Å²) >= 11 is 12.7. The Hall–Kier alpha value is -2.90. The molecule has 0 bridgehead atoms. The molecule has 4 aromatic rings. The average molecular weight is 517 g/mol. The second-order valence-corrected chi connectivity index (χ2v) is 9.69. The highest BCUT2D eigenvalue weighted by molar-refractivity contribution is 6.36. The van der Waals surface area contributed by atoms with Crippen LogP contribution in [0, 0.1) is 6.92 Å². The van der Waals surface area contributed by atoms with Gasteiger partial charge >= 0.3 is 11.7 Å². The van der Waals surface area contributed by atoms with E-state index in [4.69, 9.17) is 27.9 Å². The van der Waals surface area contributed by atoms with Gasteiger partial charge in [-0.2, -0.15) is 0 Å². The number of nitrogens with one attached hydrogen (secondary N) is 1. The van der Waals surface area contributed by atoms with Crippen LogP contribution in [0.4, 0.5) is 5.69 Å². The number of halogens is 2. The summed E-state index contributed by atoms with van der Waals surface area (Å²) in [6.07, 6.45) is 3.56. The first kappa shape index (κ1) is 25.2. The molecular formula is C26H30Cl2N4O3. The van der Waals surface area contributed by atoms with Gasteiger partial charge in [-0.05, 0) is 56.2 Å². The minimum absolute atomic E-state index is 0.158. The lowest BCUT2D eigenvalue weighted by molar-refractivity contribution is -0.144. The van der Waals surface area contributed by atoms with E-state index in [9.17, 15) is 9.59 Å². The van der Waals surface area contributed by atoms with Crippen molar-refractivity contribution in [2.24, 2.45) is 0 Å². The lowest BCUT2D eigenvalue weighted by atomic mass is 10.1. The molecule has 0 amide bonds. The van der Waals surface area contributed by atoms with Crippen LogP contribution in [0.15, 0.2) is 41.3 Å². The van der Waals surface area contributed by atoms with E-state index in [1.165, 1.54) is 0 Å². The Labute approximate surface area is 214 Å². The van der Waals surface area contributed by atoms with Gasteiger partial charge in [0.15, 0.2) is 0 Å². The zero-order valence-corrected chi connectivity index (χ0v) is 21.9. The number of aromatic nitrogens is 3. The van der Waals surface area contributed by atoms with Crippen molar-refractivity contribution in [2.45, 2.75) is 52.6 Å². The van der Waals surface area contributed by atoms with E-state index in [2.05, 4.69) is 16.0 Å². The molecule has 9 heteroatoms. The van der Waals surface area contributed by atoms with Gasteiger partial charge in [-0.1, -0.05) is 36.5 Å². The van der Waals surface area contributed by atoms with Crippen molar-refractivity contribution in [3.05, 3.63) is 68.3 Å². The number of imidazole rings is 1. The monoisotopic (exact) mass is 516 g/mol. The van der Waals surface area contributed by atoms with Gasteiger partial charge in [0, 0.05) is 37.2 Å². The topological polar surface area (TPSA) is 71.7 Å². The number of aromatic amines is 1. The number of benzene rings is 1. The molecule has 186 valence electrons. The molecule has 0 aliphatic heterocycles. The standard InChI is InChI=1S/C26H30Cl2N4O3/c1-5-7-20(13-24(33)35-6-2)32-23-12-19(8-9-22(23)29-26(32)34)30(4)14-17-10-16(3)31-15-18(27)11-21(28)25(17)31/h8-12,15,20H,5-7,13-14H2,1-4H3,(H,29,34). The predicted octanol–water partition coefficient (Wildman–Crippen LogP) is 6.13. The molecule has 35 heavy (non-hydrogen) atoms. The van der Waals surface area contributed by atoms with Crippen molar-refractivity contribution < 1.29 is 9.53 Å². The summed E-state index contributed by atoms with van der Waals surface area (Å²) in [7, 11) is 2.00. The van der Waals surface area contributed by atoms with Crippen LogP contribution < -0.4 is 10.6 Å². The second-order valence-electron chi connectivity index (χ2n) is 8.85. The molecule has 0 radical (unpaired) electrons. The number of anilines is 1. The van der Waals surface area contributed by atoms with Crippen LogP contribution in [0.25, 0.3) is 16.6 Å². The van der Waals surface area contributed by atoms with Crippen LogP contribution in [-0.2, 0) is 16.1 Å². The van der Waals surface area contributed by atoms with Crippen LogP contribution in [0.3, 0.4) is 0 Å². The van der Waals surface area contributed by atoms with Crippen LogP contribution in [0.2, 0.25) is 10.0 Å². The minimum Gasteiger partial charge on any atom is -0.466 e. The fourth-order valence-corrected chi connectivity index (χ4v) is 5.34. The van der Waals surface area contributed by atoms with Crippen LogP contribution in [0.5, 0.6) is 0 Å². The number of H-pyrrole nitrogens is 1. The van der Waals surface area contributed by atoms with Gasteiger partial charge in [-0.25, -0.2) is 4.79 Å². The maximum atomic E-state index is 12.9. The molecule has 3 aromatic heterocycles. The molecule has 1 aromatic carbocycles. The van der Waals surface area contributed by atoms with Crippen molar-refractivity contribution in [3.8, 4) is 0 Å². The number of aryl methyl sites for hydroxylation is 1. The molecule has 7 nitrogen and oxygen atoms in total. The number of carbonyl (C=O) groups is 1. The quantitative estimate of drug-likeness (QED) is 0.271. The van der Waals surface area contributed by atoms with Crippen molar-refractivity contribution in [1.29, 1.82) is 0 Å². The first-order chi connectivity index (χ1) is 16.7. The summed E-state index contributed by atoms with van der Waals surface area (Å²) in [4.78, 5) is 30.2. The lowest BCUT2D eigenvalue weighted by Crippen LogP contribution is -2.25. The highest BCUT2D eigenvalue weighted by atomic mass is 35.5. The first-order valence-corrected chi connectivity index (χ1v) is 12.6. The Morgan fingerprint density at radius 1 is 1.20 bits per heavy atom. The number of esters is 1. The van der Waals surface area contributed by atoms with E-state index >= 15 is 0 Å². The highest BCUT2D eigenvalue weighted by Gasteiger charge is 2.21. The molecule has 0 aliphatic carbocycles. The van der Waals surface area contributed by atoms with Crippen molar-refractivity contribution in [2.75, 3.05) is 18.6 Å². The van der Waals surface area contributed by atoms with E-state index in [1.807, 2.05) is 49.7 Å². The van der Waals surface area contributed by atoms with E-state index < -0.39 is 0 Å². The van der Waals surface area contributed by atoms with E-state index in [1.54, 1.807) is 17.6 Å². The summed E-state index contributed by atoms with van der Waals surface area (Å²) in [6.45, 7) is 6.77. The smallest absolute Gasteiger partial charge is 0.326 e. The van der Waals surface area contributed by atoms with Gasteiger partial charge in [0.2, 0.25) is 0 Å². The Balaban J connectivity index is 1.70. The van der Waals surface area contributed by atoms with Crippen molar-refractivity contribution >= 4 is 51.4 Å². The number of pyridine rings is 1. The number of rotatable bonds is 9. The predicted molar refractivity (Wildman–Crippen MR) is 142 cm³/mol. The lowest BCUT2D eigenvalue weighted by Gasteiger charge is -2.21. The highest BCUT2D eigenvalue weighted by Crippen LogP contribution is 2.31. The molecule has 3 heterocycles. The molecule has 0 saturated carbocycles. The number of fused-ring (bicyclic) bond motifs is 2. The molecule has 0 fully saturated rings. The SMILES string of the molecule is CCCC(CC(=O)OCC)n1c(=O)[nH]c2ccc(N(C)Cc3cc(C)n4cc(Cl)cc(Cl)c34)cc21. The third kappa shape index (κ3) is 5.07. The number of nitrogens with zero attached hydrogens (tertiary/aromatic N) is 3. The Morgan fingerprint density at radius 3 is 2.69 bits per heavy atom. The third-order valence-corrected chi connectivity index (χ3v) is 6.79. The fraction of sp³-hybridized carbons (Fsp3) is 0.385. The zero-order valence-electron chi connectivity index (χ0n) is 20.4. The molecule has 0 saturated heterocycles. The number of carbonyl (C=O) groups excluding carboxylic acids is 1. The van der Waals surface area contributed by atoms with E-state index in [0.717, 1.165) is 39.9 Å². The maximum absolute atomic E-state index is 12.9. The maximum Gasteiger partial charge on any atom is 0.326 e. The minimum atomic E-state index is -0.298. The van der Waals surface area contributed by atoms with Gasteiger partial charge < -0.3 is 19.0 Å². The van der Waals surface area contributed by atoms with Gasteiger partial charge in [0.1, 0.15) is 0 Å². The summed E-state index contributed by atoms with van der Waals surface area (Å²) in [5.41, 5.74) is 5.27. The van der Waals surface area contributed by atoms with Crippen LogP contribution in [0.1, 0.15) is 50.4 Å². The van der Waals surface area contributed by atoms with Gasteiger partial charge in [0.25, 0.3) is 0 Å². The Morgan fingerprint density at radius 2 is 1.97 bits per heavy atom. The molecule has 1 N–H and O–H groups in total. The normalized spacial score (nSPS) is 12.4. The zero-order chi connectivity index (χ0) is 25.3. The summed E-state index contributed by atoms with van der Waals surface area (Å²) in [5.74, 6) is -0.298. The third-order valence-electron chi connectivity index (χ3n) is 6.30. The number of ether oxygens (including phenoxy) is 1. The van der Waals surface area contributed by atoms with Gasteiger partial charge in [-0.3, -0.25) is 9.36 Å². The van der Waals surface area contributed by atoms with Gasteiger partial charge in [-0.15, -0.1) is 0 Å². The van der Waals surface area contributed by atoms with Crippen LogP contribution >= 0.6 is 23.2 Å².